The fraction of sp³-hybridized carbons (Fsp3) is 0.526. The van der Waals surface area contributed by atoms with Gasteiger partial charge in [-0.05, 0) is 55.2 Å². The smallest absolute Gasteiger partial charge is 0.351 e. The highest BCUT2D eigenvalue weighted by molar-refractivity contribution is 14.1. The van der Waals surface area contributed by atoms with Crippen LogP contribution in [0.15, 0.2) is 22.0 Å². The number of anilines is 2. The highest BCUT2D eigenvalue weighted by Gasteiger charge is 2.35. The Morgan fingerprint density at radius 1 is 1.09 bits per heavy atom. The molecule has 1 radical (unpaired) electrons. The summed E-state index contributed by atoms with van der Waals surface area (Å²) in [5, 5.41) is 10.4. The molecule has 0 bridgehead atoms. The summed E-state index contributed by atoms with van der Waals surface area (Å²) in [5.74, 6) is 0.363. The molecule has 4 rings (SSSR count). The Kier molecular flexibility index (Phi) is 6.80. The lowest BCUT2D eigenvalue weighted by Gasteiger charge is -2.22. The summed E-state index contributed by atoms with van der Waals surface area (Å²) in [6, 6.07) is 0. The number of nitrogens with two attached hydrogens (primary N) is 2. The average molecular weight is 559 g/mol. The molecule has 0 amide bonds. The number of halogens is 1. The quantitative estimate of drug-likeness (QED) is 0.333. The Hall–Kier alpha value is -2.07. The number of nitrogen functional groups attached to an aromatic ring is 2. The predicted molar refractivity (Wildman–Crippen MR) is 121 cm³/mol. The van der Waals surface area contributed by atoms with E-state index >= 15 is 0 Å². The van der Waals surface area contributed by atoms with Crippen LogP contribution in [0.3, 0.4) is 0 Å². The zero-order valence-corrected chi connectivity index (χ0v) is 19.4. The van der Waals surface area contributed by atoms with Gasteiger partial charge in [-0.2, -0.15) is 9.97 Å². The summed E-state index contributed by atoms with van der Waals surface area (Å²) in [6.07, 6.45) is 2.07. The Morgan fingerprint density at radius 2 is 1.72 bits per heavy atom. The first-order valence-electron chi connectivity index (χ1n) is 10.1. The summed E-state index contributed by atoms with van der Waals surface area (Å²) in [4.78, 5) is 31.8. The van der Waals surface area contributed by atoms with Gasteiger partial charge in [0.15, 0.2) is 6.29 Å². The molecule has 4 heterocycles. The van der Waals surface area contributed by atoms with Gasteiger partial charge in [0.1, 0.15) is 36.8 Å². The Morgan fingerprint density at radius 3 is 2.47 bits per heavy atom. The molecule has 2 aliphatic heterocycles. The third-order valence-corrected chi connectivity index (χ3v) is 6.31. The lowest BCUT2D eigenvalue weighted by atomic mass is 10.2. The van der Waals surface area contributed by atoms with Gasteiger partial charge in [-0.15, -0.1) is 0 Å². The number of aliphatic hydroxyl groups is 1. The van der Waals surface area contributed by atoms with Gasteiger partial charge < -0.3 is 30.8 Å². The number of hydrogen-bond donors (Lipinski definition) is 3. The molecule has 5 N–H and O–H groups in total. The maximum atomic E-state index is 12.1. The van der Waals surface area contributed by atoms with Gasteiger partial charge in [0.2, 0.25) is 0 Å². The Labute approximate surface area is 196 Å². The molecule has 0 saturated carbocycles. The Bertz CT molecular complexity index is 1110. The highest BCUT2D eigenvalue weighted by atomic mass is 127. The lowest BCUT2D eigenvalue weighted by Crippen LogP contribution is -2.32. The van der Waals surface area contributed by atoms with Crippen LogP contribution in [0.25, 0.3) is 0 Å². The first kappa shape index (κ1) is 23.1. The van der Waals surface area contributed by atoms with Crippen molar-refractivity contribution in [2.24, 2.45) is 0 Å². The van der Waals surface area contributed by atoms with Crippen molar-refractivity contribution < 1.29 is 19.3 Å². The second kappa shape index (κ2) is 9.43. The van der Waals surface area contributed by atoms with Gasteiger partial charge in [-0.1, -0.05) is 0 Å². The molecule has 32 heavy (non-hydrogen) atoms. The van der Waals surface area contributed by atoms with Gasteiger partial charge in [-0.25, -0.2) is 9.59 Å². The van der Waals surface area contributed by atoms with E-state index in [-0.39, 0.29) is 11.6 Å². The maximum absolute atomic E-state index is 12.1. The van der Waals surface area contributed by atoms with E-state index < -0.39 is 42.3 Å². The van der Waals surface area contributed by atoms with E-state index in [2.05, 4.69) is 9.97 Å². The van der Waals surface area contributed by atoms with Crippen LogP contribution in [0.5, 0.6) is 0 Å². The van der Waals surface area contributed by atoms with Crippen molar-refractivity contribution in [2.75, 3.05) is 11.5 Å². The van der Waals surface area contributed by atoms with Crippen molar-refractivity contribution in [3.8, 4) is 0 Å². The fourth-order valence-electron chi connectivity index (χ4n) is 3.71. The van der Waals surface area contributed by atoms with Crippen LogP contribution in [-0.2, 0) is 14.2 Å². The number of nitrogens with zero attached hydrogens (tertiary/aromatic N) is 4. The third-order valence-electron chi connectivity index (χ3n) is 5.48. The molecule has 13 heteroatoms. The second-order valence-corrected chi connectivity index (χ2v) is 8.90. The monoisotopic (exact) mass is 559 g/mol. The molecule has 1 unspecified atom stereocenters. The van der Waals surface area contributed by atoms with Crippen molar-refractivity contribution in [3.63, 3.8) is 0 Å². The van der Waals surface area contributed by atoms with Crippen LogP contribution in [0.2, 0.25) is 0 Å². The van der Waals surface area contributed by atoms with E-state index in [0.717, 1.165) is 0 Å². The maximum Gasteiger partial charge on any atom is 0.351 e. The van der Waals surface area contributed by atoms with Gasteiger partial charge >= 0.3 is 11.4 Å². The largest absolute Gasteiger partial charge is 0.383 e. The molecular weight excluding hydrogens is 535 g/mol. The van der Waals surface area contributed by atoms with Gasteiger partial charge in [0.05, 0.1) is 9.67 Å². The minimum absolute atomic E-state index is 0.168. The number of hydrogen-bond acceptors (Lipinski definition) is 10. The summed E-state index contributed by atoms with van der Waals surface area (Å²) < 4.78 is 20.5. The number of aliphatic hydroxyl groups excluding tert-OH is 1. The molecule has 2 aromatic rings. The van der Waals surface area contributed by atoms with E-state index in [1.54, 1.807) is 19.3 Å². The minimum atomic E-state index is -1.23. The van der Waals surface area contributed by atoms with Crippen LogP contribution >= 0.6 is 22.6 Å². The fourth-order valence-corrected chi connectivity index (χ4v) is 4.13. The standard InChI is InChI=1S/C19H24IN6O6/c1-9-6-25(18(28)23-15(9)21)13-4-2-10(31-13)8-30-17(27)12-3-5-14(32-12)26-7-11(20)16(22)24-19(26)29/h6-8,10,12-14,17,27H,2-5H2,1H3,(H2,21,23,28)(H2,22,24,29)/t10-,12-,13+,14+,17?/m0/s1. The molecule has 0 aromatic carbocycles. The number of rotatable bonds is 6. The first-order chi connectivity index (χ1) is 15.2. The first-order valence-corrected chi connectivity index (χ1v) is 11.2. The zero-order valence-electron chi connectivity index (χ0n) is 17.3. The molecule has 0 spiro atoms. The molecular formula is C19H24IN6O6. The minimum Gasteiger partial charge on any atom is -0.383 e. The third kappa shape index (κ3) is 4.80. The van der Waals surface area contributed by atoms with Gasteiger partial charge in [-0.3, -0.25) is 9.13 Å². The van der Waals surface area contributed by atoms with E-state index in [9.17, 15) is 14.7 Å². The second-order valence-electron chi connectivity index (χ2n) is 7.74. The Balaban J connectivity index is 1.30. The van der Waals surface area contributed by atoms with E-state index in [1.807, 2.05) is 22.6 Å². The highest BCUT2D eigenvalue weighted by Crippen LogP contribution is 2.32. The van der Waals surface area contributed by atoms with Gasteiger partial charge in [0, 0.05) is 18.0 Å². The molecule has 2 aliphatic rings. The SMILES string of the molecule is Cc1cn([C@H]2CC[C@@H]([CH]OC(O)[C@@H]3CC[C@H](n4cc(I)c(N)nc4=O)O3)O2)c(=O)nc1N. The van der Waals surface area contributed by atoms with Crippen molar-refractivity contribution in [1.29, 1.82) is 0 Å². The topological polar surface area (TPSA) is 170 Å². The summed E-state index contributed by atoms with van der Waals surface area (Å²) in [6.45, 7) is 3.17. The van der Waals surface area contributed by atoms with Crippen molar-refractivity contribution in [2.45, 2.75) is 63.6 Å². The molecule has 173 valence electrons. The van der Waals surface area contributed by atoms with Crippen LogP contribution in [0, 0.1) is 17.1 Å². The molecule has 0 aliphatic carbocycles. The van der Waals surface area contributed by atoms with E-state index in [0.29, 0.717) is 34.8 Å². The predicted octanol–water partition coefficient (Wildman–Crippen LogP) is 0.430. The summed E-state index contributed by atoms with van der Waals surface area (Å²) in [5.41, 5.74) is 11.0. The van der Waals surface area contributed by atoms with Gasteiger partial charge in [0.25, 0.3) is 0 Å². The van der Waals surface area contributed by atoms with Crippen LogP contribution < -0.4 is 22.8 Å². The number of aryl methyl sites for hydroxylation is 1. The van der Waals surface area contributed by atoms with Crippen molar-refractivity contribution in [1.82, 2.24) is 19.1 Å². The van der Waals surface area contributed by atoms with E-state index in [4.69, 9.17) is 25.7 Å². The van der Waals surface area contributed by atoms with Crippen molar-refractivity contribution >= 4 is 34.2 Å². The average Bonchev–Trinajstić information content (AvgIpc) is 3.41. The van der Waals surface area contributed by atoms with Crippen LogP contribution in [0.4, 0.5) is 11.6 Å². The number of aromatic nitrogens is 4. The summed E-state index contributed by atoms with van der Waals surface area (Å²) in [7, 11) is 0. The molecule has 2 aromatic heterocycles. The van der Waals surface area contributed by atoms with Crippen molar-refractivity contribution in [3.05, 3.63) is 49.1 Å². The lowest BCUT2D eigenvalue weighted by molar-refractivity contribution is -0.176. The molecule has 2 saturated heterocycles. The number of ether oxygens (including phenoxy) is 3. The molecule has 2 fully saturated rings. The summed E-state index contributed by atoms with van der Waals surface area (Å²) >= 11 is 1.99. The normalized spacial score (nSPS) is 26.5. The zero-order chi connectivity index (χ0) is 23.0. The van der Waals surface area contributed by atoms with Crippen LogP contribution in [0.1, 0.15) is 43.7 Å². The molecule has 5 atom stereocenters. The van der Waals surface area contributed by atoms with E-state index in [1.165, 1.54) is 15.7 Å². The van der Waals surface area contributed by atoms with Crippen LogP contribution in [-0.4, -0.2) is 42.7 Å². The molecule has 12 nitrogen and oxygen atoms in total.